The second-order valence-electron chi connectivity index (χ2n) is 4.32. The highest BCUT2D eigenvalue weighted by atomic mass is 35.5. The SMILES string of the molecule is COc1cc(CC(Cl)C2CCCC2)ncn1. The van der Waals surface area contributed by atoms with Gasteiger partial charge in [0.25, 0.3) is 0 Å². The Balaban J connectivity index is 1.96. The fourth-order valence-electron chi connectivity index (χ4n) is 2.29. The van der Waals surface area contributed by atoms with Crippen LogP contribution in [0.3, 0.4) is 0 Å². The van der Waals surface area contributed by atoms with Crippen molar-refractivity contribution in [1.29, 1.82) is 0 Å². The molecule has 0 N–H and O–H groups in total. The van der Waals surface area contributed by atoms with Crippen LogP contribution in [-0.2, 0) is 6.42 Å². The van der Waals surface area contributed by atoms with Crippen LogP contribution in [0.4, 0.5) is 0 Å². The quantitative estimate of drug-likeness (QED) is 0.760. The predicted molar refractivity (Wildman–Crippen MR) is 63.9 cm³/mol. The lowest BCUT2D eigenvalue weighted by Crippen LogP contribution is -2.15. The van der Waals surface area contributed by atoms with Crippen LogP contribution >= 0.6 is 11.6 Å². The highest BCUT2D eigenvalue weighted by Gasteiger charge is 2.23. The van der Waals surface area contributed by atoms with Crippen molar-refractivity contribution in [2.75, 3.05) is 7.11 Å². The zero-order chi connectivity index (χ0) is 11.4. The molecule has 3 nitrogen and oxygen atoms in total. The van der Waals surface area contributed by atoms with Crippen molar-refractivity contribution in [2.24, 2.45) is 5.92 Å². The van der Waals surface area contributed by atoms with Gasteiger partial charge in [0.15, 0.2) is 0 Å². The van der Waals surface area contributed by atoms with Gasteiger partial charge in [-0.1, -0.05) is 12.8 Å². The highest BCUT2D eigenvalue weighted by molar-refractivity contribution is 6.20. The molecule has 0 bridgehead atoms. The number of hydrogen-bond acceptors (Lipinski definition) is 3. The molecule has 0 aliphatic heterocycles. The molecular formula is C12H17ClN2O. The van der Waals surface area contributed by atoms with E-state index in [2.05, 4.69) is 9.97 Å². The first-order valence-electron chi connectivity index (χ1n) is 5.78. The lowest BCUT2D eigenvalue weighted by molar-refractivity contribution is 0.395. The van der Waals surface area contributed by atoms with E-state index in [1.165, 1.54) is 32.0 Å². The van der Waals surface area contributed by atoms with Crippen LogP contribution in [0.5, 0.6) is 5.88 Å². The van der Waals surface area contributed by atoms with Gasteiger partial charge in [-0.05, 0) is 18.8 Å². The lowest BCUT2D eigenvalue weighted by atomic mass is 10.00. The summed E-state index contributed by atoms with van der Waals surface area (Å²) in [5.41, 5.74) is 0.971. The minimum absolute atomic E-state index is 0.196. The molecule has 0 radical (unpaired) electrons. The van der Waals surface area contributed by atoms with E-state index in [0.717, 1.165) is 12.1 Å². The molecule has 0 aromatic carbocycles. The van der Waals surface area contributed by atoms with Crippen LogP contribution in [0.15, 0.2) is 12.4 Å². The second kappa shape index (κ2) is 5.48. The molecule has 4 heteroatoms. The first-order valence-corrected chi connectivity index (χ1v) is 6.22. The van der Waals surface area contributed by atoms with Crippen molar-refractivity contribution in [1.82, 2.24) is 9.97 Å². The number of hydrogen-bond donors (Lipinski definition) is 0. The van der Waals surface area contributed by atoms with E-state index in [4.69, 9.17) is 16.3 Å². The molecule has 0 spiro atoms. The van der Waals surface area contributed by atoms with Gasteiger partial charge >= 0.3 is 0 Å². The van der Waals surface area contributed by atoms with Crippen LogP contribution in [0, 0.1) is 5.92 Å². The maximum atomic E-state index is 6.42. The van der Waals surface area contributed by atoms with Crippen LogP contribution in [-0.4, -0.2) is 22.5 Å². The van der Waals surface area contributed by atoms with Gasteiger partial charge < -0.3 is 4.74 Å². The van der Waals surface area contributed by atoms with Gasteiger partial charge in [-0.15, -0.1) is 11.6 Å². The van der Waals surface area contributed by atoms with E-state index in [0.29, 0.717) is 11.8 Å². The molecule has 0 amide bonds. The Morgan fingerprint density at radius 2 is 2.19 bits per heavy atom. The van der Waals surface area contributed by atoms with Crippen molar-refractivity contribution in [3.8, 4) is 5.88 Å². The van der Waals surface area contributed by atoms with Gasteiger partial charge in [0.2, 0.25) is 5.88 Å². The number of aromatic nitrogens is 2. The summed E-state index contributed by atoms with van der Waals surface area (Å²) in [5, 5.41) is 0.196. The monoisotopic (exact) mass is 240 g/mol. The molecule has 1 aromatic rings. The number of ether oxygens (including phenoxy) is 1. The molecule has 2 rings (SSSR count). The van der Waals surface area contributed by atoms with Crippen LogP contribution < -0.4 is 4.74 Å². The topological polar surface area (TPSA) is 35.0 Å². The minimum atomic E-state index is 0.196. The van der Waals surface area contributed by atoms with Gasteiger partial charge in [0, 0.05) is 23.6 Å². The number of alkyl halides is 1. The Hall–Kier alpha value is -0.830. The number of nitrogens with zero attached hydrogens (tertiary/aromatic N) is 2. The Morgan fingerprint density at radius 1 is 1.44 bits per heavy atom. The molecule has 88 valence electrons. The van der Waals surface area contributed by atoms with Crippen molar-refractivity contribution in [3.63, 3.8) is 0 Å². The van der Waals surface area contributed by atoms with Crippen LogP contribution in [0.25, 0.3) is 0 Å². The zero-order valence-electron chi connectivity index (χ0n) is 9.53. The van der Waals surface area contributed by atoms with Gasteiger partial charge in [-0.3, -0.25) is 0 Å². The van der Waals surface area contributed by atoms with Gasteiger partial charge in [-0.25, -0.2) is 9.97 Å². The van der Waals surface area contributed by atoms with Crippen molar-refractivity contribution in [2.45, 2.75) is 37.5 Å². The second-order valence-corrected chi connectivity index (χ2v) is 4.88. The Bertz CT molecular complexity index is 340. The van der Waals surface area contributed by atoms with Crippen molar-refractivity contribution >= 4 is 11.6 Å². The maximum absolute atomic E-state index is 6.42. The summed E-state index contributed by atoms with van der Waals surface area (Å²) in [5.74, 6) is 1.27. The summed E-state index contributed by atoms with van der Waals surface area (Å²) in [6, 6.07) is 1.87. The number of halogens is 1. The molecule has 1 aliphatic rings. The molecule has 1 saturated carbocycles. The summed E-state index contributed by atoms with van der Waals surface area (Å²) in [6.07, 6.45) is 7.51. The molecular weight excluding hydrogens is 224 g/mol. The maximum Gasteiger partial charge on any atom is 0.216 e. The number of rotatable bonds is 4. The molecule has 1 unspecified atom stereocenters. The third kappa shape index (κ3) is 2.85. The highest BCUT2D eigenvalue weighted by Crippen LogP contribution is 2.32. The van der Waals surface area contributed by atoms with E-state index in [1.807, 2.05) is 6.07 Å². The molecule has 16 heavy (non-hydrogen) atoms. The average molecular weight is 241 g/mol. The Kier molecular flexibility index (Phi) is 3.99. The standard InChI is InChI=1S/C12H17ClN2O/c1-16-12-7-10(14-8-15-12)6-11(13)9-4-2-3-5-9/h7-9,11H,2-6H2,1H3. The molecule has 1 atom stereocenters. The van der Waals surface area contributed by atoms with Crippen LogP contribution in [0.2, 0.25) is 0 Å². The first kappa shape index (κ1) is 11.6. The number of methoxy groups -OCH3 is 1. The third-order valence-electron chi connectivity index (χ3n) is 3.22. The van der Waals surface area contributed by atoms with E-state index in [1.54, 1.807) is 7.11 Å². The largest absolute Gasteiger partial charge is 0.481 e. The van der Waals surface area contributed by atoms with Gasteiger partial charge in [-0.2, -0.15) is 0 Å². The minimum Gasteiger partial charge on any atom is -0.481 e. The fraction of sp³-hybridized carbons (Fsp3) is 0.667. The third-order valence-corrected chi connectivity index (χ3v) is 3.73. The summed E-state index contributed by atoms with van der Waals surface area (Å²) < 4.78 is 5.07. The first-order chi connectivity index (χ1) is 7.79. The van der Waals surface area contributed by atoms with E-state index in [-0.39, 0.29) is 5.38 Å². The summed E-state index contributed by atoms with van der Waals surface area (Å²) >= 11 is 6.42. The summed E-state index contributed by atoms with van der Waals surface area (Å²) in [7, 11) is 1.61. The smallest absolute Gasteiger partial charge is 0.216 e. The van der Waals surface area contributed by atoms with E-state index in [9.17, 15) is 0 Å². The predicted octanol–water partition coefficient (Wildman–Crippen LogP) is 2.83. The van der Waals surface area contributed by atoms with Crippen molar-refractivity contribution < 1.29 is 4.74 Å². The summed E-state index contributed by atoms with van der Waals surface area (Å²) in [4.78, 5) is 8.21. The molecule has 1 aliphatic carbocycles. The lowest BCUT2D eigenvalue weighted by Gasteiger charge is -2.15. The Labute approximate surface area is 101 Å². The molecule has 1 heterocycles. The summed E-state index contributed by atoms with van der Waals surface area (Å²) in [6.45, 7) is 0. The van der Waals surface area contributed by atoms with Gasteiger partial charge in [0.1, 0.15) is 6.33 Å². The normalized spacial score (nSPS) is 18.6. The van der Waals surface area contributed by atoms with Crippen LogP contribution in [0.1, 0.15) is 31.4 Å². The molecule has 1 aromatic heterocycles. The van der Waals surface area contributed by atoms with E-state index < -0.39 is 0 Å². The van der Waals surface area contributed by atoms with E-state index >= 15 is 0 Å². The Morgan fingerprint density at radius 3 is 2.88 bits per heavy atom. The average Bonchev–Trinajstić information content (AvgIpc) is 2.83. The van der Waals surface area contributed by atoms with Gasteiger partial charge in [0.05, 0.1) is 7.11 Å². The van der Waals surface area contributed by atoms with Crippen molar-refractivity contribution in [3.05, 3.63) is 18.1 Å². The molecule has 1 fully saturated rings. The fourth-order valence-corrected chi connectivity index (χ4v) is 2.70. The zero-order valence-corrected chi connectivity index (χ0v) is 10.3. The molecule has 0 saturated heterocycles.